The molecular formula is C33H37Cl2N3O4. The number of hydrogen-bond donors (Lipinski definition) is 1. The molecule has 222 valence electrons. The number of ether oxygens (including phenoxy) is 2. The van der Waals surface area contributed by atoms with E-state index in [9.17, 15) is 9.59 Å². The predicted octanol–water partition coefficient (Wildman–Crippen LogP) is 5.70. The van der Waals surface area contributed by atoms with E-state index in [-0.39, 0.29) is 17.9 Å². The van der Waals surface area contributed by atoms with Crippen molar-refractivity contribution < 1.29 is 19.1 Å². The van der Waals surface area contributed by atoms with E-state index in [4.69, 9.17) is 38.4 Å². The normalized spacial score (nSPS) is 24.4. The lowest BCUT2D eigenvalue weighted by molar-refractivity contribution is -0.127. The van der Waals surface area contributed by atoms with Crippen LogP contribution in [-0.2, 0) is 15.6 Å². The number of likely N-dealkylation sites (tertiary alicyclic amines) is 2. The summed E-state index contributed by atoms with van der Waals surface area (Å²) in [6, 6.07) is 20.7. The largest absolute Gasteiger partial charge is 0.497 e. The van der Waals surface area contributed by atoms with Gasteiger partial charge in [0.2, 0.25) is 5.91 Å². The van der Waals surface area contributed by atoms with Crippen molar-refractivity contribution in [2.24, 2.45) is 5.73 Å². The minimum Gasteiger partial charge on any atom is -0.497 e. The zero-order valence-corrected chi connectivity index (χ0v) is 25.8. The van der Waals surface area contributed by atoms with Crippen LogP contribution in [0.15, 0.2) is 66.7 Å². The molecule has 2 aliphatic rings. The summed E-state index contributed by atoms with van der Waals surface area (Å²) in [5.74, 6) is 0.655. The lowest BCUT2D eigenvalue weighted by atomic mass is 9.61. The third-order valence-electron chi connectivity index (χ3n) is 9.33. The molecule has 2 fully saturated rings. The zero-order chi connectivity index (χ0) is 30.1. The van der Waals surface area contributed by atoms with E-state index in [1.807, 2.05) is 53.4 Å². The highest BCUT2D eigenvalue weighted by Crippen LogP contribution is 2.49. The van der Waals surface area contributed by atoms with Crippen LogP contribution in [0.3, 0.4) is 0 Å². The maximum Gasteiger partial charge on any atom is 0.254 e. The number of carbonyl (C=O) groups is 2. The van der Waals surface area contributed by atoms with Crippen molar-refractivity contribution in [2.75, 3.05) is 40.4 Å². The SMILES string of the molecule is CCN1CCC(C(N)=O)(c2ccccc2)CC1C1(c2ccc(Cl)c(Cl)c2)CCN(C(=O)c2cc(OC)cc(OC)c2)C1. The number of nitrogens with zero attached hydrogens (tertiary/aromatic N) is 2. The number of methoxy groups -OCH3 is 2. The van der Waals surface area contributed by atoms with E-state index in [2.05, 4.69) is 11.8 Å². The zero-order valence-electron chi connectivity index (χ0n) is 24.2. The van der Waals surface area contributed by atoms with Gasteiger partial charge in [0.15, 0.2) is 0 Å². The van der Waals surface area contributed by atoms with Gasteiger partial charge in [-0.3, -0.25) is 14.5 Å². The number of benzene rings is 3. The van der Waals surface area contributed by atoms with E-state index in [1.165, 1.54) is 0 Å². The molecule has 2 amide bonds. The van der Waals surface area contributed by atoms with Crippen LogP contribution in [0.2, 0.25) is 10.0 Å². The molecule has 0 spiro atoms. The molecule has 0 bridgehead atoms. The number of likely N-dealkylation sites (N-methyl/N-ethyl adjacent to an activating group) is 1. The number of nitrogens with two attached hydrogens (primary N) is 1. The second kappa shape index (κ2) is 12.2. The summed E-state index contributed by atoms with van der Waals surface area (Å²) in [6.07, 6.45) is 1.83. The average molecular weight is 611 g/mol. The first kappa shape index (κ1) is 30.2. The average Bonchev–Trinajstić information content (AvgIpc) is 3.48. The standard InChI is InChI=1S/C33H37Cl2N3O4/c1-4-37-14-12-32(31(36)40,23-8-6-5-7-9-23)20-29(37)33(24-10-11-27(34)28(35)18-24)13-15-38(21-33)30(39)22-16-25(41-2)19-26(17-22)42-3/h5-11,16-19,29H,4,12-15,20-21H2,1-3H3,(H2,36,40). The number of hydrogen-bond acceptors (Lipinski definition) is 5. The Morgan fingerprint density at radius 3 is 2.19 bits per heavy atom. The van der Waals surface area contributed by atoms with Crippen molar-refractivity contribution in [1.29, 1.82) is 0 Å². The molecule has 2 heterocycles. The highest BCUT2D eigenvalue weighted by Gasteiger charge is 2.55. The summed E-state index contributed by atoms with van der Waals surface area (Å²) in [6.45, 7) is 4.59. The Bertz CT molecular complexity index is 1450. The van der Waals surface area contributed by atoms with Gasteiger partial charge in [0.25, 0.3) is 5.91 Å². The summed E-state index contributed by atoms with van der Waals surface area (Å²) in [4.78, 5) is 31.6. The molecule has 3 atom stereocenters. The third kappa shape index (κ3) is 5.34. The fourth-order valence-corrected chi connectivity index (χ4v) is 7.28. The molecule has 2 saturated heterocycles. The summed E-state index contributed by atoms with van der Waals surface area (Å²) >= 11 is 13.0. The third-order valence-corrected chi connectivity index (χ3v) is 10.1. The second-order valence-corrected chi connectivity index (χ2v) is 12.1. The molecule has 2 aliphatic heterocycles. The van der Waals surface area contributed by atoms with Gasteiger partial charge in [-0.1, -0.05) is 66.5 Å². The molecule has 7 nitrogen and oxygen atoms in total. The first-order valence-electron chi connectivity index (χ1n) is 14.2. The molecule has 0 aliphatic carbocycles. The number of rotatable bonds is 8. The Balaban J connectivity index is 1.60. The topological polar surface area (TPSA) is 85.1 Å². The van der Waals surface area contributed by atoms with Gasteiger partial charge in [-0.15, -0.1) is 0 Å². The second-order valence-electron chi connectivity index (χ2n) is 11.3. The highest BCUT2D eigenvalue weighted by atomic mass is 35.5. The molecule has 3 aromatic rings. The highest BCUT2D eigenvalue weighted by molar-refractivity contribution is 6.42. The van der Waals surface area contributed by atoms with Crippen molar-refractivity contribution in [1.82, 2.24) is 9.80 Å². The van der Waals surface area contributed by atoms with E-state index in [0.717, 1.165) is 17.7 Å². The molecule has 0 radical (unpaired) electrons. The first-order chi connectivity index (χ1) is 20.2. The van der Waals surface area contributed by atoms with Gasteiger partial charge in [0.1, 0.15) is 11.5 Å². The molecular weight excluding hydrogens is 573 g/mol. The molecule has 9 heteroatoms. The van der Waals surface area contributed by atoms with E-state index < -0.39 is 10.8 Å². The summed E-state index contributed by atoms with van der Waals surface area (Å²) < 4.78 is 10.9. The number of amides is 2. The minimum absolute atomic E-state index is 0.0983. The molecule has 42 heavy (non-hydrogen) atoms. The van der Waals surface area contributed by atoms with Crippen molar-refractivity contribution >= 4 is 35.0 Å². The number of primary amides is 1. The van der Waals surface area contributed by atoms with Crippen molar-refractivity contribution in [3.8, 4) is 11.5 Å². The van der Waals surface area contributed by atoms with Gasteiger partial charge in [-0.2, -0.15) is 0 Å². The predicted molar refractivity (Wildman–Crippen MR) is 166 cm³/mol. The molecule has 2 N–H and O–H groups in total. The van der Waals surface area contributed by atoms with Gasteiger partial charge >= 0.3 is 0 Å². The summed E-state index contributed by atoms with van der Waals surface area (Å²) in [5.41, 5.74) is 7.28. The van der Waals surface area contributed by atoms with E-state index in [0.29, 0.717) is 66.0 Å². The Morgan fingerprint density at radius 2 is 1.60 bits per heavy atom. The molecule has 0 aromatic heterocycles. The maximum absolute atomic E-state index is 14.0. The van der Waals surface area contributed by atoms with Crippen LogP contribution < -0.4 is 15.2 Å². The van der Waals surface area contributed by atoms with Crippen molar-refractivity contribution in [3.63, 3.8) is 0 Å². The van der Waals surface area contributed by atoms with Crippen LogP contribution in [-0.4, -0.2) is 68.1 Å². The van der Waals surface area contributed by atoms with Crippen LogP contribution in [0.1, 0.15) is 47.7 Å². The maximum atomic E-state index is 14.0. The van der Waals surface area contributed by atoms with Gasteiger partial charge in [-0.05, 0) is 67.7 Å². The van der Waals surface area contributed by atoms with Crippen LogP contribution in [0.4, 0.5) is 0 Å². The Kier molecular flexibility index (Phi) is 8.74. The van der Waals surface area contributed by atoms with Crippen LogP contribution in [0, 0.1) is 0 Å². The summed E-state index contributed by atoms with van der Waals surface area (Å²) in [7, 11) is 3.13. The Morgan fingerprint density at radius 1 is 0.905 bits per heavy atom. The van der Waals surface area contributed by atoms with E-state index >= 15 is 0 Å². The molecule has 3 aromatic carbocycles. The monoisotopic (exact) mass is 609 g/mol. The van der Waals surface area contributed by atoms with E-state index in [1.54, 1.807) is 32.4 Å². The molecule has 0 saturated carbocycles. The van der Waals surface area contributed by atoms with Gasteiger partial charge in [-0.25, -0.2) is 0 Å². The number of halogens is 2. The summed E-state index contributed by atoms with van der Waals surface area (Å²) in [5, 5.41) is 0.927. The molecule has 3 unspecified atom stereocenters. The quantitative estimate of drug-likeness (QED) is 0.354. The number of piperidine rings is 1. The Hall–Kier alpha value is -3.26. The lowest BCUT2D eigenvalue weighted by Gasteiger charge is -2.52. The molecule has 5 rings (SSSR count). The smallest absolute Gasteiger partial charge is 0.254 e. The van der Waals surface area contributed by atoms with Crippen LogP contribution in [0.25, 0.3) is 0 Å². The minimum atomic E-state index is -0.835. The fraction of sp³-hybridized carbons (Fsp3) is 0.394. The van der Waals surface area contributed by atoms with Gasteiger partial charge in [0.05, 0.1) is 29.7 Å². The van der Waals surface area contributed by atoms with Gasteiger partial charge in [0, 0.05) is 36.2 Å². The fourth-order valence-electron chi connectivity index (χ4n) is 6.99. The van der Waals surface area contributed by atoms with Crippen molar-refractivity contribution in [3.05, 3.63) is 93.5 Å². The number of carbonyl (C=O) groups excluding carboxylic acids is 2. The van der Waals surface area contributed by atoms with Crippen molar-refractivity contribution in [2.45, 2.75) is 43.1 Å². The lowest BCUT2D eigenvalue weighted by Crippen LogP contribution is -2.61. The van der Waals surface area contributed by atoms with Gasteiger partial charge < -0.3 is 20.1 Å². The Labute approximate surface area is 257 Å². The van der Waals surface area contributed by atoms with Crippen LogP contribution >= 0.6 is 23.2 Å². The first-order valence-corrected chi connectivity index (χ1v) is 15.0. The van der Waals surface area contributed by atoms with Crippen LogP contribution in [0.5, 0.6) is 11.5 Å².